The second kappa shape index (κ2) is 5.64. The molecule has 10 heteroatoms. The second-order valence-electron chi connectivity index (χ2n) is 5.26. The van der Waals surface area contributed by atoms with E-state index in [0.29, 0.717) is 12.1 Å². The van der Waals surface area contributed by atoms with E-state index < -0.39 is 51.8 Å². The Morgan fingerprint density at radius 2 is 1.32 bits per heavy atom. The number of nitrogens with two attached hydrogens (primary N) is 2. The molecule has 0 aliphatic heterocycles. The van der Waals surface area contributed by atoms with Crippen molar-refractivity contribution < 1.29 is 36.6 Å². The van der Waals surface area contributed by atoms with Gasteiger partial charge in [-0.25, -0.2) is 0 Å². The van der Waals surface area contributed by atoms with Gasteiger partial charge in [0, 0.05) is 5.56 Å². The van der Waals surface area contributed by atoms with Gasteiger partial charge in [0.1, 0.15) is 11.5 Å². The average molecular weight is 366 g/mol. The summed E-state index contributed by atoms with van der Waals surface area (Å²) in [5.74, 6) is -1.89. The van der Waals surface area contributed by atoms with Gasteiger partial charge >= 0.3 is 12.4 Å². The van der Waals surface area contributed by atoms with Crippen molar-refractivity contribution in [2.45, 2.75) is 17.8 Å². The van der Waals surface area contributed by atoms with Crippen molar-refractivity contribution >= 4 is 11.4 Å². The number of rotatable bonds is 2. The van der Waals surface area contributed by atoms with E-state index in [1.165, 1.54) is 0 Å². The standard InChI is InChI=1S/C15H12F6N2O2/c16-14(17,18)13(15(19,20)21,7-4-5-9(22)11(25)6-7)8-2-1-3-10(24)12(8)23/h1-6,24-25H,22-23H2. The number of phenols is 2. The minimum atomic E-state index is -5.89. The summed E-state index contributed by atoms with van der Waals surface area (Å²) in [6, 6.07) is 3.68. The fourth-order valence-electron chi connectivity index (χ4n) is 2.61. The molecule has 2 rings (SSSR count). The van der Waals surface area contributed by atoms with E-state index in [1.807, 2.05) is 0 Å². The quantitative estimate of drug-likeness (QED) is 0.371. The number of nitrogen functional groups attached to an aromatic ring is 2. The molecule has 0 unspecified atom stereocenters. The molecule has 0 amide bonds. The SMILES string of the molecule is Nc1ccc(C(c2cccc(O)c2N)(C(F)(F)F)C(F)(F)F)cc1O. The van der Waals surface area contributed by atoms with Crippen LogP contribution in [0.1, 0.15) is 11.1 Å². The molecule has 0 saturated carbocycles. The van der Waals surface area contributed by atoms with Gasteiger partial charge < -0.3 is 21.7 Å². The van der Waals surface area contributed by atoms with E-state index in [-0.39, 0.29) is 6.07 Å². The van der Waals surface area contributed by atoms with Crippen molar-refractivity contribution in [2.24, 2.45) is 0 Å². The summed E-state index contributed by atoms with van der Waals surface area (Å²) >= 11 is 0. The number of benzene rings is 2. The summed E-state index contributed by atoms with van der Waals surface area (Å²) in [7, 11) is 0. The van der Waals surface area contributed by atoms with E-state index >= 15 is 0 Å². The molecule has 2 aromatic carbocycles. The first-order chi connectivity index (χ1) is 11.3. The van der Waals surface area contributed by atoms with Gasteiger partial charge in [-0.15, -0.1) is 0 Å². The Balaban J connectivity index is 3.02. The van der Waals surface area contributed by atoms with E-state index in [2.05, 4.69) is 0 Å². The Morgan fingerprint density at radius 3 is 1.80 bits per heavy atom. The minimum absolute atomic E-state index is 0.278. The third-order valence-electron chi connectivity index (χ3n) is 3.80. The maximum Gasteiger partial charge on any atom is 0.411 e. The normalized spacial score (nSPS) is 13.0. The molecule has 0 heterocycles. The van der Waals surface area contributed by atoms with Crippen LogP contribution in [0.4, 0.5) is 37.7 Å². The van der Waals surface area contributed by atoms with Crippen LogP contribution in [0.2, 0.25) is 0 Å². The third-order valence-corrected chi connectivity index (χ3v) is 3.80. The van der Waals surface area contributed by atoms with Crippen LogP contribution in [-0.2, 0) is 5.41 Å². The van der Waals surface area contributed by atoms with Gasteiger partial charge in [0.15, 0.2) is 0 Å². The lowest BCUT2D eigenvalue weighted by molar-refractivity contribution is -0.288. The van der Waals surface area contributed by atoms with Crippen molar-refractivity contribution in [3.8, 4) is 11.5 Å². The third kappa shape index (κ3) is 2.67. The second-order valence-corrected chi connectivity index (χ2v) is 5.26. The first-order valence-electron chi connectivity index (χ1n) is 6.64. The molecule has 0 aliphatic rings. The molecule has 0 atom stereocenters. The molecule has 2 aromatic rings. The number of halogens is 6. The zero-order chi connectivity index (χ0) is 19.2. The number of anilines is 2. The van der Waals surface area contributed by atoms with Gasteiger partial charge in [0.05, 0.1) is 11.4 Å². The van der Waals surface area contributed by atoms with Crippen LogP contribution >= 0.6 is 0 Å². The van der Waals surface area contributed by atoms with Crippen LogP contribution in [-0.4, -0.2) is 22.6 Å². The summed E-state index contributed by atoms with van der Waals surface area (Å²) in [6.07, 6.45) is -11.8. The smallest absolute Gasteiger partial charge is 0.411 e. The van der Waals surface area contributed by atoms with Crippen molar-refractivity contribution in [3.63, 3.8) is 0 Å². The fraction of sp³-hybridized carbons (Fsp3) is 0.200. The van der Waals surface area contributed by atoms with Crippen molar-refractivity contribution in [2.75, 3.05) is 11.5 Å². The highest BCUT2D eigenvalue weighted by molar-refractivity contribution is 5.66. The highest BCUT2D eigenvalue weighted by Gasteiger charge is 2.73. The van der Waals surface area contributed by atoms with Crippen LogP contribution in [0.5, 0.6) is 11.5 Å². The summed E-state index contributed by atoms with van der Waals surface area (Å²) < 4.78 is 82.9. The summed E-state index contributed by atoms with van der Waals surface area (Å²) in [5, 5.41) is 19.0. The van der Waals surface area contributed by atoms with Gasteiger partial charge in [-0.05, 0) is 23.8 Å². The Labute approximate surface area is 137 Å². The maximum atomic E-state index is 13.8. The molecular formula is C15H12F6N2O2. The lowest BCUT2D eigenvalue weighted by Gasteiger charge is -2.39. The predicted molar refractivity (Wildman–Crippen MR) is 77.9 cm³/mol. The van der Waals surface area contributed by atoms with Crippen molar-refractivity contribution in [3.05, 3.63) is 47.5 Å². The molecule has 0 aromatic heterocycles. The van der Waals surface area contributed by atoms with Gasteiger partial charge in [-0.1, -0.05) is 18.2 Å². The Hall–Kier alpha value is -2.78. The molecule has 6 N–H and O–H groups in total. The number of alkyl halides is 6. The van der Waals surface area contributed by atoms with E-state index in [9.17, 15) is 36.6 Å². The minimum Gasteiger partial charge on any atom is -0.506 e. The molecule has 136 valence electrons. The number of aromatic hydroxyl groups is 2. The monoisotopic (exact) mass is 366 g/mol. The summed E-state index contributed by atoms with van der Waals surface area (Å²) in [6.45, 7) is 0. The Morgan fingerprint density at radius 1 is 0.760 bits per heavy atom. The lowest BCUT2D eigenvalue weighted by atomic mass is 9.72. The first-order valence-corrected chi connectivity index (χ1v) is 6.64. The highest BCUT2D eigenvalue weighted by Crippen LogP contribution is 2.58. The van der Waals surface area contributed by atoms with E-state index in [1.54, 1.807) is 0 Å². The largest absolute Gasteiger partial charge is 0.506 e. The number of hydrogen-bond acceptors (Lipinski definition) is 4. The number of phenolic OH excluding ortho intramolecular Hbond substituents is 2. The highest BCUT2D eigenvalue weighted by atomic mass is 19.4. The van der Waals surface area contributed by atoms with Crippen LogP contribution < -0.4 is 11.5 Å². The summed E-state index contributed by atoms with van der Waals surface area (Å²) in [4.78, 5) is 0. The Bertz CT molecular complexity index is 788. The van der Waals surface area contributed by atoms with Gasteiger partial charge in [0.25, 0.3) is 0 Å². The van der Waals surface area contributed by atoms with Crippen LogP contribution in [0.15, 0.2) is 36.4 Å². The molecule has 4 nitrogen and oxygen atoms in total. The molecule has 0 bridgehead atoms. The first kappa shape index (κ1) is 18.6. The fourth-order valence-corrected chi connectivity index (χ4v) is 2.61. The topological polar surface area (TPSA) is 92.5 Å². The van der Waals surface area contributed by atoms with Crippen LogP contribution in [0, 0.1) is 0 Å². The summed E-state index contributed by atoms with van der Waals surface area (Å²) in [5.41, 5.74) is 1.81. The zero-order valence-corrected chi connectivity index (χ0v) is 12.3. The molecule has 0 saturated heterocycles. The van der Waals surface area contributed by atoms with Gasteiger partial charge in [-0.3, -0.25) is 0 Å². The van der Waals surface area contributed by atoms with Crippen molar-refractivity contribution in [1.29, 1.82) is 0 Å². The molecule has 0 aliphatic carbocycles. The van der Waals surface area contributed by atoms with Gasteiger partial charge in [0.2, 0.25) is 5.41 Å². The lowest BCUT2D eigenvalue weighted by Crippen LogP contribution is -2.55. The van der Waals surface area contributed by atoms with Crippen LogP contribution in [0.3, 0.4) is 0 Å². The number of para-hydroxylation sites is 1. The van der Waals surface area contributed by atoms with E-state index in [0.717, 1.165) is 18.2 Å². The van der Waals surface area contributed by atoms with Gasteiger partial charge in [-0.2, -0.15) is 26.3 Å². The van der Waals surface area contributed by atoms with Crippen molar-refractivity contribution in [1.82, 2.24) is 0 Å². The maximum absolute atomic E-state index is 13.8. The average Bonchev–Trinajstić information content (AvgIpc) is 2.45. The molecule has 0 radical (unpaired) electrons. The Kier molecular flexibility index (Phi) is 4.19. The number of hydrogen-bond donors (Lipinski definition) is 4. The zero-order valence-electron chi connectivity index (χ0n) is 12.3. The molecule has 25 heavy (non-hydrogen) atoms. The van der Waals surface area contributed by atoms with E-state index in [4.69, 9.17) is 11.5 Å². The predicted octanol–water partition coefficient (Wildman–Crippen LogP) is 3.67. The molecule has 0 fully saturated rings. The molecular weight excluding hydrogens is 354 g/mol. The van der Waals surface area contributed by atoms with Crippen LogP contribution in [0.25, 0.3) is 0 Å². The molecule has 0 spiro atoms.